The minimum absolute atomic E-state index is 0.0414. The largest absolute Gasteiger partial charge is 0.494 e. The van der Waals surface area contributed by atoms with Gasteiger partial charge in [0.25, 0.3) is 10.0 Å². The molecule has 178 valence electrons. The highest BCUT2D eigenvalue weighted by molar-refractivity contribution is 7.92. The highest BCUT2D eigenvalue weighted by Gasteiger charge is 2.31. The van der Waals surface area contributed by atoms with Crippen LogP contribution in [0.4, 0.5) is 17.1 Å². The molecule has 5 rings (SSSR count). The lowest BCUT2D eigenvalue weighted by Crippen LogP contribution is -2.14. The van der Waals surface area contributed by atoms with Gasteiger partial charge in [0.15, 0.2) is 0 Å². The van der Waals surface area contributed by atoms with E-state index in [1.54, 1.807) is 42.1 Å². The Balaban J connectivity index is 1.39. The lowest BCUT2D eigenvalue weighted by Gasteiger charge is -2.15. The number of nitrogens with one attached hydrogen (secondary N) is 2. The Hall–Kier alpha value is -3.96. The van der Waals surface area contributed by atoms with Gasteiger partial charge in [-0.25, -0.2) is 13.4 Å². The Labute approximate surface area is 205 Å². The van der Waals surface area contributed by atoms with E-state index >= 15 is 0 Å². The second-order valence-corrected chi connectivity index (χ2v) is 10.1. The smallest absolute Gasteiger partial charge is 0.262 e. The Morgan fingerprint density at radius 3 is 2.46 bits per heavy atom. The first-order valence-electron chi connectivity index (χ1n) is 10.5. The molecule has 1 amide bonds. The van der Waals surface area contributed by atoms with Crippen LogP contribution in [0.1, 0.15) is 11.5 Å². The summed E-state index contributed by atoms with van der Waals surface area (Å²) in [5.41, 5.74) is 4.90. The molecule has 35 heavy (non-hydrogen) atoms. The molecule has 0 bridgehead atoms. The summed E-state index contributed by atoms with van der Waals surface area (Å²) in [6.07, 6.45) is 1.57. The molecule has 0 saturated carbocycles. The topological polar surface area (TPSA) is 119 Å². The molecule has 0 fully saturated rings. The number of carbonyl (C=O) groups is 1. The number of methoxy groups -OCH3 is 2. The summed E-state index contributed by atoms with van der Waals surface area (Å²) in [4.78, 5) is 21.3. The van der Waals surface area contributed by atoms with Crippen molar-refractivity contribution in [2.45, 2.75) is 10.8 Å². The fraction of sp³-hybridized carbons (Fsp3) is 0.125. The Kier molecular flexibility index (Phi) is 5.87. The molecule has 1 aromatic heterocycles. The molecular weight excluding hydrogens is 488 g/mol. The third kappa shape index (κ3) is 4.19. The van der Waals surface area contributed by atoms with E-state index in [1.165, 1.54) is 37.7 Å². The van der Waals surface area contributed by atoms with Crippen molar-refractivity contribution in [2.75, 3.05) is 24.3 Å². The number of benzene rings is 3. The van der Waals surface area contributed by atoms with Crippen molar-refractivity contribution in [1.29, 1.82) is 0 Å². The zero-order valence-electron chi connectivity index (χ0n) is 18.7. The molecule has 0 aliphatic carbocycles. The number of aliphatic imine (C=N–C) groups is 1. The lowest BCUT2D eigenvalue weighted by atomic mass is 10.0. The van der Waals surface area contributed by atoms with E-state index in [2.05, 4.69) is 20.0 Å². The first-order chi connectivity index (χ1) is 16.9. The quantitative estimate of drug-likeness (QED) is 0.354. The van der Waals surface area contributed by atoms with Crippen LogP contribution >= 0.6 is 11.3 Å². The number of aromatic nitrogens is 1. The van der Waals surface area contributed by atoms with Gasteiger partial charge in [-0.15, -0.1) is 11.3 Å². The normalized spacial score (nSPS) is 15.3. The third-order valence-corrected chi connectivity index (χ3v) is 7.81. The average molecular weight is 509 g/mol. The summed E-state index contributed by atoms with van der Waals surface area (Å²) in [6.45, 7) is 0. The van der Waals surface area contributed by atoms with E-state index < -0.39 is 15.9 Å². The number of hydrogen-bond acceptors (Lipinski definition) is 8. The van der Waals surface area contributed by atoms with Crippen molar-refractivity contribution in [3.05, 3.63) is 65.7 Å². The van der Waals surface area contributed by atoms with Gasteiger partial charge in [0, 0.05) is 17.5 Å². The number of rotatable bonds is 7. The number of hydrogen-bond donors (Lipinski definition) is 2. The van der Waals surface area contributed by atoms with Gasteiger partial charge in [-0.05, 0) is 48.5 Å². The number of sulfonamides is 1. The van der Waals surface area contributed by atoms with E-state index in [1.807, 2.05) is 12.1 Å². The van der Waals surface area contributed by atoms with Crippen LogP contribution in [0, 0.1) is 0 Å². The number of anilines is 2. The second kappa shape index (κ2) is 9.01. The zero-order valence-corrected chi connectivity index (χ0v) is 20.3. The second-order valence-electron chi connectivity index (χ2n) is 7.61. The standard InChI is InChI=1S/C24H20N4O5S2/c1-32-19-4-3-5-20(33-2)22(19)28-35(30,31)15-8-6-14(7-9-15)25-12-16-21-17(27-24(16)29)10-11-18-23(21)34-13-26-18/h3-13,16,28H,1-2H3,(H,27,29). The number of para-hydroxylation sites is 1. The van der Waals surface area contributed by atoms with E-state index in [9.17, 15) is 13.2 Å². The number of ether oxygens (including phenoxy) is 2. The van der Waals surface area contributed by atoms with Crippen LogP contribution in [-0.4, -0.2) is 39.7 Å². The van der Waals surface area contributed by atoms with Gasteiger partial charge >= 0.3 is 0 Å². The molecule has 0 radical (unpaired) electrons. The summed E-state index contributed by atoms with van der Waals surface area (Å²) in [5, 5.41) is 2.88. The molecule has 2 N–H and O–H groups in total. The average Bonchev–Trinajstić information content (AvgIpc) is 3.46. The van der Waals surface area contributed by atoms with Crippen molar-refractivity contribution >= 4 is 60.8 Å². The summed E-state index contributed by atoms with van der Waals surface area (Å²) in [5.74, 6) is -0.0605. The number of carbonyl (C=O) groups excluding carboxylic acids is 1. The molecule has 3 aromatic carbocycles. The lowest BCUT2D eigenvalue weighted by molar-refractivity contribution is -0.115. The highest BCUT2D eigenvalue weighted by atomic mass is 32.2. The SMILES string of the molecule is COc1cccc(OC)c1NS(=O)(=O)c1ccc(N=CC2C(=O)Nc3ccc4ncsc4c32)cc1. The van der Waals surface area contributed by atoms with Crippen LogP contribution in [-0.2, 0) is 14.8 Å². The molecule has 1 aliphatic heterocycles. The van der Waals surface area contributed by atoms with E-state index in [0.717, 1.165) is 21.5 Å². The van der Waals surface area contributed by atoms with Gasteiger partial charge in [-0.1, -0.05) is 6.07 Å². The first kappa shape index (κ1) is 22.8. The zero-order chi connectivity index (χ0) is 24.6. The van der Waals surface area contributed by atoms with Crippen molar-refractivity contribution in [3.63, 3.8) is 0 Å². The number of thiazole rings is 1. The van der Waals surface area contributed by atoms with Crippen LogP contribution < -0.4 is 19.5 Å². The van der Waals surface area contributed by atoms with Gasteiger partial charge in [0.2, 0.25) is 5.91 Å². The number of amides is 1. The maximum atomic E-state index is 13.0. The van der Waals surface area contributed by atoms with E-state index in [4.69, 9.17) is 9.47 Å². The van der Waals surface area contributed by atoms with Crippen LogP contribution in [0.15, 0.2) is 70.0 Å². The molecule has 1 aliphatic rings. The van der Waals surface area contributed by atoms with Crippen LogP contribution in [0.3, 0.4) is 0 Å². The highest BCUT2D eigenvalue weighted by Crippen LogP contribution is 2.39. The van der Waals surface area contributed by atoms with Crippen molar-refractivity contribution in [2.24, 2.45) is 4.99 Å². The third-order valence-electron chi connectivity index (χ3n) is 5.57. The van der Waals surface area contributed by atoms with Crippen molar-refractivity contribution in [1.82, 2.24) is 4.98 Å². The molecule has 0 spiro atoms. The minimum atomic E-state index is -3.92. The molecule has 0 saturated heterocycles. The summed E-state index contributed by atoms with van der Waals surface area (Å²) >= 11 is 1.47. The molecule has 11 heteroatoms. The summed E-state index contributed by atoms with van der Waals surface area (Å²) < 4.78 is 39.9. The molecule has 2 heterocycles. The van der Waals surface area contributed by atoms with Gasteiger partial charge in [-0.2, -0.15) is 0 Å². The van der Waals surface area contributed by atoms with E-state index in [0.29, 0.717) is 17.2 Å². The van der Waals surface area contributed by atoms with Crippen molar-refractivity contribution in [3.8, 4) is 11.5 Å². The Morgan fingerprint density at radius 1 is 1.06 bits per heavy atom. The van der Waals surface area contributed by atoms with E-state index in [-0.39, 0.29) is 16.5 Å². The molecule has 1 unspecified atom stereocenters. The predicted molar refractivity (Wildman–Crippen MR) is 136 cm³/mol. The molecular formula is C24H20N4O5S2. The van der Waals surface area contributed by atoms with Gasteiger partial charge in [-0.3, -0.25) is 14.5 Å². The Bertz CT molecular complexity index is 1540. The van der Waals surface area contributed by atoms with Gasteiger partial charge in [0.05, 0.1) is 40.5 Å². The monoisotopic (exact) mass is 508 g/mol. The van der Waals surface area contributed by atoms with Crippen molar-refractivity contribution < 1.29 is 22.7 Å². The molecule has 4 aromatic rings. The van der Waals surface area contributed by atoms with Gasteiger partial charge < -0.3 is 14.8 Å². The van der Waals surface area contributed by atoms with Crippen LogP contribution in [0.5, 0.6) is 11.5 Å². The maximum Gasteiger partial charge on any atom is 0.262 e. The van der Waals surface area contributed by atoms with Crippen LogP contribution in [0.2, 0.25) is 0 Å². The maximum absolute atomic E-state index is 13.0. The summed E-state index contributed by atoms with van der Waals surface area (Å²) in [6, 6.07) is 14.7. The van der Waals surface area contributed by atoms with Crippen LogP contribution in [0.25, 0.3) is 10.2 Å². The number of fused-ring (bicyclic) bond motifs is 3. The minimum Gasteiger partial charge on any atom is -0.494 e. The predicted octanol–water partition coefficient (Wildman–Crippen LogP) is 4.55. The molecule has 1 atom stereocenters. The Morgan fingerprint density at radius 2 is 1.77 bits per heavy atom. The molecule has 9 nitrogen and oxygen atoms in total. The van der Waals surface area contributed by atoms with Gasteiger partial charge in [0.1, 0.15) is 23.1 Å². The number of nitrogens with zero attached hydrogens (tertiary/aromatic N) is 2. The fourth-order valence-electron chi connectivity index (χ4n) is 3.87. The fourth-order valence-corrected chi connectivity index (χ4v) is 5.83. The first-order valence-corrected chi connectivity index (χ1v) is 12.8. The summed E-state index contributed by atoms with van der Waals surface area (Å²) in [7, 11) is -1.03.